The molecule has 16 atom stereocenters. The van der Waals surface area contributed by atoms with Crippen molar-refractivity contribution < 1.29 is 122 Å². The number of likely N-dealkylation sites (tertiary alicyclic amines) is 1. The number of aromatic nitrogens is 3. The number of carbonyl (C=O) groups excluding carboxylic acids is 17. The Kier molecular flexibility index (Phi) is 45.7. The first kappa shape index (κ1) is 112. The molecule has 3 heterocycles. The summed E-state index contributed by atoms with van der Waals surface area (Å²) >= 11 is 0.791. The summed E-state index contributed by atoms with van der Waals surface area (Å²) in [7, 11) is 0. The number of thioether (sulfide) groups is 1. The molecule has 50 heteroatoms. The zero-order chi connectivity index (χ0) is 101. The van der Waals surface area contributed by atoms with Gasteiger partial charge in [0, 0.05) is 68.5 Å². The lowest BCUT2D eigenvalue weighted by Gasteiger charge is -2.31. The van der Waals surface area contributed by atoms with Gasteiger partial charge in [0.1, 0.15) is 90.3 Å². The number of hydrogen-bond donors (Lipinski definition) is 28. The van der Waals surface area contributed by atoms with Crippen LogP contribution in [0.25, 0.3) is 10.9 Å². The Morgan fingerprint density at radius 1 is 0.511 bits per heavy atom. The number of phenols is 1. The van der Waals surface area contributed by atoms with Gasteiger partial charge in [-0.05, 0) is 124 Å². The number of unbranched alkanes of at least 4 members (excludes halogenated alkanes) is 1. The molecule has 1 saturated heterocycles. The highest BCUT2D eigenvalue weighted by Crippen LogP contribution is 2.24. The summed E-state index contributed by atoms with van der Waals surface area (Å²) < 4.78 is 0. The second-order valence-corrected chi connectivity index (χ2v) is 34.2. The average Bonchev–Trinajstić information content (AvgIpc) is 1.70. The number of guanidine groups is 1. The molecule has 2 aromatic heterocycles. The lowest BCUT2D eigenvalue weighted by atomic mass is 10.0. The van der Waals surface area contributed by atoms with Gasteiger partial charge in [0.25, 0.3) is 0 Å². The maximum atomic E-state index is 15.0. The Labute approximate surface area is 790 Å². The van der Waals surface area contributed by atoms with Crippen LogP contribution in [-0.2, 0) is 117 Å². The van der Waals surface area contributed by atoms with Crippen LogP contribution in [0.15, 0.2) is 97.6 Å². The molecular formula is C87H124N24O25S. The van der Waals surface area contributed by atoms with Gasteiger partial charge in [0.15, 0.2) is 5.96 Å². The third-order valence-corrected chi connectivity index (χ3v) is 22.7. The summed E-state index contributed by atoms with van der Waals surface area (Å²) in [4.78, 5) is 275. The molecule has 6 rings (SSSR count). The molecule has 137 heavy (non-hydrogen) atoms. The number of amides is 16. The molecule has 1 fully saturated rings. The minimum atomic E-state index is -2.04. The van der Waals surface area contributed by atoms with E-state index in [9.17, 15) is 122 Å². The van der Waals surface area contributed by atoms with Gasteiger partial charge in [-0.1, -0.05) is 93.2 Å². The number of nitrogens with zero attached hydrogens (tertiary/aromatic N) is 2. The number of H-pyrrole nitrogens is 2. The van der Waals surface area contributed by atoms with Gasteiger partial charge in [0.2, 0.25) is 99.6 Å². The van der Waals surface area contributed by atoms with Crippen molar-refractivity contribution in [2.45, 2.75) is 234 Å². The van der Waals surface area contributed by atoms with Crippen LogP contribution in [0.1, 0.15) is 134 Å². The number of aliphatic carboxylic acids is 2. The number of aromatic hydroxyl groups is 1. The van der Waals surface area contributed by atoms with Crippen LogP contribution in [0.2, 0.25) is 0 Å². The number of phenolic OH excluding ortho intramolecular Hbond substituents is 1. The van der Waals surface area contributed by atoms with Crippen LogP contribution < -0.4 is 103 Å². The van der Waals surface area contributed by atoms with E-state index >= 15 is 0 Å². The third kappa shape index (κ3) is 36.8. The number of fused-ring (bicyclic) bond motifs is 1. The molecule has 1 aliphatic heterocycles. The zero-order valence-electron chi connectivity index (χ0n) is 75.9. The number of hydrogen-bond acceptors (Lipinski definition) is 28. The average molecular weight is 1940 g/mol. The van der Waals surface area contributed by atoms with Crippen molar-refractivity contribution in [2.24, 2.45) is 34.6 Å². The first-order valence-electron chi connectivity index (χ1n) is 44.3. The molecule has 1 aliphatic rings. The lowest BCUT2D eigenvalue weighted by Crippen LogP contribution is -2.62. The molecular weight excluding hydrogens is 1810 g/mol. The van der Waals surface area contributed by atoms with Crippen LogP contribution >= 0.6 is 11.8 Å². The highest BCUT2D eigenvalue weighted by molar-refractivity contribution is 8.13. The summed E-state index contributed by atoms with van der Waals surface area (Å²) in [6.07, 6.45) is -4.15. The Bertz CT molecular complexity index is 5010. The number of aliphatic hydroxyl groups excluding tert-OH is 3. The van der Waals surface area contributed by atoms with Gasteiger partial charge in [-0.2, -0.15) is 0 Å². The summed E-state index contributed by atoms with van der Waals surface area (Å²) in [6, 6.07) is -4.30. The molecule has 3 aromatic carbocycles. The third-order valence-electron chi connectivity index (χ3n) is 21.8. The maximum Gasteiger partial charge on any atom is 0.305 e. The molecule has 49 nitrogen and oxygen atoms in total. The minimum absolute atomic E-state index is 0.0445. The second-order valence-electron chi connectivity index (χ2n) is 32.9. The second kappa shape index (κ2) is 56.2. The van der Waals surface area contributed by atoms with Gasteiger partial charge in [-0.3, -0.25) is 96.5 Å². The summed E-state index contributed by atoms with van der Waals surface area (Å²) in [5.41, 5.74) is 31.3. The number of carboxylic acids is 2. The highest BCUT2D eigenvalue weighted by atomic mass is 32.2. The fourth-order valence-corrected chi connectivity index (χ4v) is 15.2. The molecule has 748 valence electrons. The van der Waals surface area contributed by atoms with E-state index in [1.54, 1.807) is 67.7 Å². The van der Waals surface area contributed by atoms with E-state index in [0.29, 0.717) is 27.6 Å². The Morgan fingerprint density at radius 3 is 1.58 bits per heavy atom. The summed E-state index contributed by atoms with van der Waals surface area (Å²) in [5.74, 6) is -22.4. The zero-order valence-corrected chi connectivity index (χ0v) is 76.8. The number of nitrogens with two attached hydrogens (primary N) is 5. The summed E-state index contributed by atoms with van der Waals surface area (Å²) in [6.45, 7) is 3.31. The summed E-state index contributed by atoms with van der Waals surface area (Å²) in [5, 5.41) is 103. The van der Waals surface area contributed by atoms with Gasteiger partial charge >= 0.3 is 11.9 Å². The first-order chi connectivity index (χ1) is 65.0. The van der Waals surface area contributed by atoms with E-state index in [1.807, 2.05) is 0 Å². The van der Waals surface area contributed by atoms with Gasteiger partial charge < -0.3 is 149 Å². The fraction of sp³-hybridized carbons (Fsp3) is 0.506. The Morgan fingerprint density at radius 2 is 1.01 bits per heavy atom. The number of para-hydroxylation sites is 1. The molecule has 0 saturated carbocycles. The van der Waals surface area contributed by atoms with Gasteiger partial charge in [0.05, 0.1) is 50.2 Å². The number of carboxylic acid groups (broad SMARTS) is 2. The van der Waals surface area contributed by atoms with E-state index in [4.69, 9.17) is 34.1 Å². The number of benzene rings is 3. The van der Waals surface area contributed by atoms with Gasteiger partial charge in [-0.15, -0.1) is 0 Å². The topological polar surface area (TPSA) is 816 Å². The Hall–Kier alpha value is -14.2. The molecule has 0 unspecified atom stereocenters. The highest BCUT2D eigenvalue weighted by Gasteiger charge is 2.43. The van der Waals surface area contributed by atoms with E-state index in [0.717, 1.165) is 23.6 Å². The lowest BCUT2D eigenvalue weighted by molar-refractivity contribution is -0.143. The monoisotopic (exact) mass is 1940 g/mol. The van der Waals surface area contributed by atoms with Crippen molar-refractivity contribution in [1.82, 2.24) is 94.3 Å². The van der Waals surface area contributed by atoms with Crippen LogP contribution in [0.4, 0.5) is 0 Å². The normalized spacial score (nSPS) is 15.6. The van der Waals surface area contributed by atoms with Crippen molar-refractivity contribution in [3.05, 3.63) is 120 Å². The molecule has 16 amide bonds. The van der Waals surface area contributed by atoms with Crippen LogP contribution in [0, 0.1) is 11.3 Å². The smallest absolute Gasteiger partial charge is 0.305 e. The fourth-order valence-electron chi connectivity index (χ4n) is 14.6. The van der Waals surface area contributed by atoms with E-state index < -0.39 is 278 Å². The Balaban J connectivity index is 1.21. The van der Waals surface area contributed by atoms with Crippen molar-refractivity contribution >= 4 is 140 Å². The van der Waals surface area contributed by atoms with E-state index in [-0.39, 0.29) is 101 Å². The number of carbonyl (C=O) groups is 19. The quantitative estimate of drug-likeness (QED) is 0.00977. The standard InChI is InChI=1S/C87H124N24O25S/c1-5-137-86(136)64(42-113)108-83(133)70(44(2)3)109-80(130)62(38-69(120)121)105-75(125)56(27-29-68(118)119)100-77(127)60(36-49-40-94-43-97-49)104-74(124)54(19-11-12-30-88)98-78(128)61(37-67(91)117)106-82(132)65-21-14-32-111(65)85(135)57(26-28-66(90)116)101-73(123)55(20-13-31-95-87(92)93)99-81(131)63(41-112)107-84(134)71(45(4)114)110-79(129)59(35-48-39-96-53-18-10-9-17-51(48)53)103-76(126)58(34-47-22-24-50(115)25-23-47)102-72(122)52(89)33-46-15-7-6-8-16-46/h6-10,15-18,22-25,39-40,43-45,52,54-65,70-71,96,112-115H,5,11-14,19-21,26-38,41-42,88-89H2,1-4H3,(H2,90,116)(H2,91,117)(H,94,97)(H,98,128)(H,99,131)(H,100,127)(H,101,123)(H,102,122)(H,103,126)(H,104,124)(H,105,125)(H,106,132)(H,107,134)(H,108,133)(H,109,130)(H,110,129)(H,118,119)(H,120,121)(H4,92,93,95)/t45-,52+,54+,55+,56+,57+,58+,59+,60+,61+,62+,63+,64+,65+,70+,71+/m1/s1. The van der Waals surface area contributed by atoms with E-state index in [2.05, 4.69) is 89.4 Å². The number of imidazole rings is 1. The number of rotatable bonds is 59. The van der Waals surface area contributed by atoms with E-state index in [1.165, 1.54) is 50.6 Å². The predicted octanol–water partition coefficient (Wildman–Crippen LogP) is -7.34. The number of aliphatic hydroxyl groups is 3. The van der Waals surface area contributed by atoms with Crippen molar-refractivity contribution in [1.29, 1.82) is 5.41 Å². The molecule has 0 spiro atoms. The molecule has 5 aromatic rings. The minimum Gasteiger partial charge on any atom is -0.508 e. The van der Waals surface area contributed by atoms with Crippen molar-refractivity contribution in [2.75, 3.05) is 38.6 Å². The number of aromatic amines is 2. The number of nitrogens with one attached hydrogen (secondary N) is 17. The first-order valence-corrected chi connectivity index (χ1v) is 45.2. The van der Waals surface area contributed by atoms with Crippen molar-refractivity contribution in [3.8, 4) is 5.75 Å². The van der Waals surface area contributed by atoms with Crippen LogP contribution in [0.3, 0.4) is 0 Å². The molecule has 0 aliphatic carbocycles. The molecule has 33 N–H and O–H groups in total. The number of primary amides is 2. The SMILES string of the molecule is CCSC(=O)[C@H](CO)NC(=O)[C@@H](NC(=O)[C@H](CC(=O)O)NC(=O)[C@H](CCC(=O)O)NC(=O)[C@H](Cc1c[nH]cn1)NC(=O)[C@H](CCCCN)NC(=O)[C@H](CC(N)=O)NC(=O)[C@@H]1CCCN1C(=O)[C@H](CCC(N)=O)NC(=O)[C@H](CCCNC(=N)N)NC(=O)[C@H](CO)NC(=O)[C@@H](NC(=O)[C@H](Cc1c[nH]c2ccccc12)NC(=O)[C@H](Cc1ccc(O)cc1)NC(=O)[C@@H](N)Cc1ccccc1)[C@@H](C)O)C(C)C. The van der Waals surface area contributed by atoms with Gasteiger partial charge in [-0.25, -0.2) is 4.98 Å². The van der Waals surface area contributed by atoms with Crippen LogP contribution in [0.5, 0.6) is 5.75 Å². The maximum absolute atomic E-state index is 15.0. The predicted molar refractivity (Wildman–Crippen MR) is 491 cm³/mol. The van der Waals surface area contributed by atoms with Crippen molar-refractivity contribution in [3.63, 3.8) is 0 Å². The molecule has 0 radical (unpaired) electrons. The largest absolute Gasteiger partial charge is 0.508 e. The van der Waals surface area contributed by atoms with Crippen LogP contribution in [-0.4, -0.2) is 303 Å². The molecule has 0 bridgehead atoms.